The third-order valence-electron chi connectivity index (χ3n) is 2.23. The van der Waals surface area contributed by atoms with Gasteiger partial charge in [0.25, 0.3) is 0 Å². The van der Waals surface area contributed by atoms with Gasteiger partial charge in [0, 0.05) is 0 Å². The summed E-state index contributed by atoms with van der Waals surface area (Å²) in [5, 5.41) is 37.1. The third kappa shape index (κ3) is 2.07. The Morgan fingerprint density at radius 2 is 1.60 bits per heavy atom. The van der Waals surface area contributed by atoms with E-state index in [-0.39, 0.29) is 0 Å². The highest BCUT2D eigenvalue weighted by Gasteiger charge is 2.48. The summed E-state index contributed by atoms with van der Waals surface area (Å²) in [5.41, 5.74) is 10.0. The zero-order chi connectivity index (χ0) is 11.7. The lowest BCUT2D eigenvalue weighted by Gasteiger charge is -2.35. The topological polar surface area (TPSA) is 162 Å². The fraction of sp³-hybridized carbons (Fsp3) is 0.714. The molecule has 15 heavy (non-hydrogen) atoms. The number of hydrogen-bond donors (Lipinski definition) is 6. The molecule has 1 fully saturated rings. The van der Waals surface area contributed by atoms with E-state index in [0.717, 1.165) is 0 Å². The normalized spacial score (nSPS) is 41.3. The van der Waals surface area contributed by atoms with Gasteiger partial charge in [-0.25, -0.2) is 4.99 Å². The van der Waals surface area contributed by atoms with Crippen molar-refractivity contribution in [2.24, 2.45) is 16.5 Å². The molecule has 1 saturated carbocycles. The predicted octanol–water partition coefficient (Wildman–Crippen LogP) is -4.35. The van der Waals surface area contributed by atoms with Gasteiger partial charge in [0.2, 0.25) is 0 Å². The van der Waals surface area contributed by atoms with Gasteiger partial charge >= 0.3 is 0 Å². The highest BCUT2D eigenvalue weighted by molar-refractivity contribution is 5.90. The van der Waals surface area contributed by atoms with Crippen molar-refractivity contribution in [1.29, 1.82) is 0 Å². The van der Waals surface area contributed by atoms with Crippen LogP contribution in [0.4, 0.5) is 0 Å². The molecule has 0 heterocycles. The third-order valence-corrected chi connectivity index (χ3v) is 2.23. The number of carbonyl (C=O) groups excluding carboxylic acids is 1. The van der Waals surface area contributed by atoms with E-state index >= 15 is 0 Å². The van der Waals surface area contributed by atoms with Crippen LogP contribution in [0.2, 0.25) is 0 Å². The zero-order valence-corrected chi connectivity index (χ0v) is 7.69. The SMILES string of the molecule is NC(N)=N[C@H]1[C@H](O)[C@@H](O)[C@H](O)C(=O)[C@@H]1O. The summed E-state index contributed by atoms with van der Waals surface area (Å²) in [6.07, 6.45) is -6.88. The lowest BCUT2D eigenvalue weighted by Crippen LogP contribution is -2.61. The van der Waals surface area contributed by atoms with Gasteiger partial charge in [-0.3, -0.25) is 4.79 Å². The Balaban J connectivity index is 2.97. The van der Waals surface area contributed by atoms with E-state index in [1.807, 2.05) is 0 Å². The van der Waals surface area contributed by atoms with Gasteiger partial charge in [0.1, 0.15) is 30.5 Å². The molecule has 0 aliphatic heterocycles. The van der Waals surface area contributed by atoms with Crippen molar-refractivity contribution in [1.82, 2.24) is 0 Å². The summed E-state index contributed by atoms with van der Waals surface area (Å²) in [6, 6.07) is -1.36. The van der Waals surface area contributed by atoms with Gasteiger partial charge in [-0.2, -0.15) is 0 Å². The average Bonchev–Trinajstić information content (AvgIpc) is 2.18. The van der Waals surface area contributed by atoms with Crippen molar-refractivity contribution >= 4 is 11.7 Å². The maximum atomic E-state index is 11.2. The Bertz CT molecular complexity index is 290. The summed E-state index contributed by atoms with van der Waals surface area (Å²) in [4.78, 5) is 14.6. The highest BCUT2D eigenvalue weighted by Crippen LogP contribution is 2.20. The van der Waals surface area contributed by atoms with Crippen LogP contribution in [0.15, 0.2) is 4.99 Å². The Labute approximate surface area is 84.8 Å². The van der Waals surface area contributed by atoms with Crippen molar-refractivity contribution in [3.63, 3.8) is 0 Å². The first-order chi connectivity index (χ1) is 6.86. The summed E-state index contributed by atoms with van der Waals surface area (Å²) >= 11 is 0. The molecule has 0 unspecified atom stereocenters. The Morgan fingerprint density at radius 3 is 2.07 bits per heavy atom. The van der Waals surface area contributed by atoms with Gasteiger partial charge in [0.05, 0.1) is 0 Å². The first-order valence-electron chi connectivity index (χ1n) is 4.21. The van der Waals surface area contributed by atoms with E-state index in [0.29, 0.717) is 0 Å². The van der Waals surface area contributed by atoms with E-state index in [4.69, 9.17) is 16.6 Å². The van der Waals surface area contributed by atoms with Crippen LogP contribution in [-0.4, -0.2) is 62.6 Å². The van der Waals surface area contributed by atoms with Crippen LogP contribution < -0.4 is 11.5 Å². The molecular weight excluding hydrogens is 206 g/mol. The van der Waals surface area contributed by atoms with Crippen molar-refractivity contribution in [2.45, 2.75) is 30.5 Å². The van der Waals surface area contributed by atoms with Crippen molar-refractivity contribution in [3.8, 4) is 0 Å². The van der Waals surface area contributed by atoms with E-state index in [1.54, 1.807) is 0 Å². The lowest BCUT2D eigenvalue weighted by atomic mass is 9.85. The second kappa shape index (κ2) is 4.11. The summed E-state index contributed by atoms with van der Waals surface area (Å²) in [6.45, 7) is 0. The molecule has 0 bridgehead atoms. The van der Waals surface area contributed by atoms with E-state index in [2.05, 4.69) is 4.99 Å². The van der Waals surface area contributed by atoms with Gasteiger partial charge < -0.3 is 31.9 Å². The van der Waals surface area contributed by atoms with Crippen molar-refractivity contribution in [3.05, 3.63) is 0 Å². The molecule has 0 amide bonds. The molecule has 8 nitrogen and oxygen atoms in total. The number of ketones is 1. The number of carbonyl (C=O) groups is 1. The maximum absolute atomic E-state index is 11.2. The first kappa shape index (κ1) is 11.9. The zero-order valence-electron chi connectivity index (χ0n) is 7.69. The molecule has 5 atom stereocenters. The van der Waals surface area contributed by atoms with Gasteiger partial charge in [-0.05, 0) is 0 Å². The van der Waals surface area contributed by atoms with Crippen LogP contribution in [0.25, 0.3) is 0 Å². The van der Waals surface area contributed by atoms with Crippen LogP contribution in [0, 0.1) is 0 Å². The average molecular weight is 219 g/mol. The molecule has 8 N–H and O–H groups in total. The fourth-order valence-electron chi connectivity index (χ4n) is 1.41. The minimum atomic E-state index is -1.83. The second-order valence-corrected chi connectivity index (χ2v) is 3.32. The molecule has 86 valence electrons. The molecule has 1 aliphatic carbocycles. The lowest BCUT2D eigenvalue weighted by molar-refractivity contribution is -0.163. The molecule has 0 radical (unpaired) electrons. The number of aliphatic hydroxyl groups excluding tert-OH is 4. The molecule has 0 aromatic rings. The number of aliphatic imine (C=N–C) groups is 1. The monoisotopic (exact) mass is 219 g/mol. The first-order valence-corrected chi connectivity index (χ1v) is 4.21. The van der Waals surface area contributed by atoms with Gasteiger partial charge in [0.15, 0.2) is 11.7 Å². The highest BCUT2D eigenvalue weighted by atomic mass is 16.4. The molecule has 1 aliphatic rings. The fourth-order valence-corrected chi connectivity index (χ4v) is 1.41. The van der Waals surface area contributed by atoms with Crippen LogP contribution >= 0.6 is 0 Å². The van der Waals surface area contributed by atoms with Crippen LogP contribution in [0.3, 0.4) is 0 Å². The molecule has 0 aromatic heterocycles. The number of Topliss-reactive ketones (excluding diaryl/α,β-unsaturated/α-hetero) is 1. The number of nitrogens with zero attached hydrogens (tertiary/aromatic N) is 1. The summed E-state index contributed by atoms with van der Waals surface area (Å²) in [7, 11) is 0. The quantitative estimate of drug-likeness (QED) is 0.192. The maximum Gasteiger partial charge on any atom is 0.194 e. The summed E-state index contributed by atoms with van der Waals surface area (Å²) < 4.78 is 0. The number of hydrogen-bond acceptors (Lipinski definition) is 6. The van der Waals surface area contributed by atoms with Gasteiger partial charge in [-0.15, -0.1) is 0 Å². The van der Waals surface area contributed by atoms with Crippen LogP contribution in [-0.2, 0) is 4.79 Å². The number of guanidine groups is 1. The van der Waals surface area contributed by atoms with Crippen molar-refractivity contribution < 1.29 is 25.2 Å². The smallest absolute Gasteiger partial charge is 0.194 e. The molecule has 0 spiro atoms. The standard InChI is InChI=1S/C7H13N3O5/c8-7(9)10-1-2(11)4(13)6(15)5(14)3(1)12/h1-4,6,11-13,15H,(H4,8,9,10)/t1-,2-,3+,4+,6-/m0/s1. The minimum Gasteiger partial charge on any atom is -0.388 e. The molecule has 0 saturated heterocycles. The van der Waals surface area contributed by atoms with E-state index in [9.17, 15) is 20.1 Å². The van der Waals surface area contributed by atoms with Gasteiger partial charge in [-0.1, -0.05) is 0 Å². The molecule has 1 rings (SSSR count). The number of nitrogens with two attached hydrogens (primary N) is 2. The Hall–Kier alpha value is -1.22. The second-order valence-electron chi connectivity index (χ2n) is 3.32. The Morgan fingerprint density at radius 1 is 1.07 bits per heavy atom. The van der Waals surface area contributed by atoms with E-state index in [1.165, 1.54) is 0 Å². The largest absolute Gasteiger partial charge is 0.388 e. The van der Waals surface area contributed by atoms with Crippen LogP contribution in [0.5, 0.6) is 0 Å². The Kier molecular flexibility index (Phi) is 3.25. The minimum absolute atomic E-state index is 0.436. The molecule has 0 aromatic carbocycles. The van der Waals surface area contributed by atoms with E-state index < -0.39 is 42.2 Å². The molecular formula is C7H13N3O5. The molecule has 8 heteroatoms. The number of aliphatic hydroxyl groups is 4. The summed E-state index contributed by atoms with van der Waals surface area (Å²) in [5.74, 6) is -1.46. The predicted molar refractivity (Wildman–Crippen MR) is 48.6 cm³/mol. The van der Waals surface area contributed by atoms with Crippen molar-refractivity contribution in [2.75, 3.05) is 0 Å². The number of rotatable bonds is 1. The van der Waals surface area contributed by atoms with Crippen LogP contribution in [0.1, 0.15) is 0 Å².